The van der Waals surface area contributed by atoms with E-state index in [1.165, 1.54) is 9.88 Å². The summed E-state index contributed by atoms with van der Waals surface area (Å²) in [6.45, 7) is 7.25. The fraction of sp³-hybridized carbons (Fsp3) is 0.429. The minimum atomic E-state index is -3.43. The Morgan fingerprint density at radius 1 is 1.21 bits per heavy atom. The molecule has 1 aliphatic rings. The van der Waals surface area contributed by atoms with E-state index in [2.05, 4.69) is 36.7 Å². The summed E-state index contributed by atoms with van der Waals surface area (Å²) in [6.07, 6.45) is 2.02. The molecule has 19 heavy (non-hydrogen) atoms. The van der Waals surface area contributed by atoms with Crippen LogP contribution in [0.15, 0.2) is 45.3 Å². The summed E-state index contributed by atoms with van der Waals surface area (Å²) in [5.74, 6) is 0. The molecule has 5 heteroatoms. The maximum Gasteiger partial charge on any atom is 0.244 e. The first-order valence-electron chi connectivity index (χ1n) is 6.17. The van der Waals surface area contributed by atoms with Crippen LogP contribution >= 0.6 is 15.9 Å². The molecule has 1 aromatic carbocycles. The van der Waals surface area contributed by atoms with E-state index in [0.717, 1.165) is 0 Å². The van der Waals surface area contributed by atoms with Crippen molar-refractivity contribution in [3.8, 4) is 0 Å². The molecule has 0 fully saturated rings. The van der Waals surface area contributed by atoms with Gasteiger partial charge in [-0.15, -0.1) is 0 Å². The zero-order valence-corrected chi connectivity index (χ0v) is 13.8. The molecule has 0 N–H and O–H groups in total. The molecule has 0 bridgehead atoms. The number of halogens is 1. The normalized spacial score (nSPS) is 17.6. The van der Waals surface area contributed by atoms with Crippen LogP contribution in [0.5, 0.6) is 0 Å². The number of hydrogen-bond acceptors (Lipinski definition) is 2. The molecule has 0 atom stereocenters. The lowest BCUT2D eigenvalue weighted by Crippen LogP contribution is -2.30. The Balaban J connectivity index is 2.28. The second-order valence-corrected chi connectivity index (χ2v) is 8.47. The van der Waals surface area contributed by atoms with Crippen molar-refractivity contribution in [1.82, 2.24) is 4.31 Å². The number of benzene rings is 1. The summed E-state index contributed by atoms with van der Waals surface area (Å²) >= 11 is 3.31. The van der Waals surface area contributed by atoms with Crippen molar-refractivity contribution in [2.45, 2.75) is 25.7 Å². The molecule has 2 rings (SSSR count). The predicted octanol–water partition coefficient (Wildman–Crippen LogP) is 3.43. The quantitative estimate of drug-likeness (QED) is 0.771. The van der Waals surface area contributed by atoms with E-state index in [1.54, 1.807) is 18.2 Å². The smallest absolute Gasteiger partial charge is 0.207 e. The van der Waals surface area contributed by atoms with Gasteiger partial charge in [-0.2, -0.15) is 4.31 Å². The minimum absolute atomic E-state index is 0.0121. The molecule has 0 aliphatic carbocycles. The van der Waals surface area contributed by atoms with Crippen LogP contribution in [0.4, 0.5) is 0 Å². The highest BCUT2D eigenvalue weighted by Gasteiger charge is 2.32. The highest BCUT2D eigenvalue weighted by molar-refractivity contribution is 9.10. The lowest BCUT2D eigenvalue weighted by atomic mass is 9.87. The van der Waals surface area contributed by atoms with Crippen LogP contribution in [0.25, 0.3) is 0 Å². The van der Waals surface area contributed by atoms with Gasteiger partial charge in [0, 0.05) is 17.6 Å². The third-order valence-electron chi connectivity index (χ3n) is 3.31. The molecule has 1 heterocycles. The monoisotopic (exact) mass is 343 g/mol. The first-order chi connectivity index (χ1) is 8.73. The Hall–Kier alpha value is -0.650. The first-order valence-corrected chi connectivity index (χ1v) is 8.40. The van der Waals surface area contributed by atoms with E-state index >= 15 is 0 Å². The molecule has 104 valence electrons. The third-order valence-corrected chi connectivity index (χ3v) is 6.13. The van der Waals surface area contributed by atoms with E-state index in [-0.39, 0.29) is 5.41 Å². The largest absolute Gasteiger partial charge is 0.244 e. The highest BCUT2D eigenvalue weighted by Crippen LogP contribution is 2.33. The van der Waals surface area contributed by atoms with E-state index in [0.29, 0.717) is 22.5 Å². The Morgan fingerprint density at radius 3 is 2.37 bits per heavy atom. The second kappa shape index (κ2) is 5.04. The molecule has 0 aromatic heterocycles. The van der Waals surface area contributed by atoms with Gasteiger partial charge in [0.1, 0.15) is 0 Å². The molecule has 0 saturated carbocycles. The third kappa shape index (κ3) is 2.93. The Bertz CT molecular complexity index is 615. The molecule has 0 spiro atoms. The predicted molar refractivity (Wildman–Crippen MR) is 80.4 cm³/mol. The van der Waals surface area contributed by atoms with E-state index < -0.39 is 10.0 Å². The van der Waals surface area contributed by atoms with Crippen LogP contribution < -0.4 is 0 Å². The van der Waals surface area contributed by atoms with Crippen LogP contribution in [0.1, 0.15) is 20.8 Å². The van der Waals surface area contributed by atoms with Gasteiger partial charge in [0.25, 0.3) is 0 Å². The summed E-state index contributed by atoms with van der Waals surface area (Å²) in [5, 5.41) is 0. The molecule has 0 amide bonds. The van der Waals surface area contributed by atoms with Crippen LogP contribution in [-0.4, -0.2) is 25.8 Å². The van der Waals surface area contributed by atoms with Crippen molar-refractivity contribution >= 4 is 26.0 Å². The average molecular weight is 344 g/mol. The van der Waals surface area contributed by atoms with Gasteiger partial charge < -0.3 is 0 Å². The Morgan fingerprint density at radius 2 is 1.84 bits per heavy atom. The lowest BCUT2D eigenvalue weighted by Gasteiger charge is -2.23. The Kier molecular flexibility index (Phi) is 3.91. The van der Waals surface area contributed by atoms with Gasteiger partial charge in [0.2, 0.25) is 10.0 Å². The molecule has 0 saturated heterocycles. The fourth-order valence-electron chi connectivity index (χ4n) is 2.05. The summed E-state index contributed by atoms with van der Waals surface area (Å²) < 4.78 is 27.3. The van der Waals surface area contributed by atoms with Crippen LogP contribution in [0.3, 0.4) is 0 Å². The average Bonchev–Trinajstić information content (AvgIpc) is 2.78. The van der Waals surface area contributed by atoms with Crippen molar-refractivity contribution in [3.05, 3.63) is 40.4 Å². The maximum absolute atomic E-state index is 12.6. The van der Waals surface area contributed by atoms with Gasteiger partial charge in [-0.1, -0.05) is 44.6 Å². The molecular weight excluding hydrogens is 326 g/mol. The van der Waals surface area contributed by atoms with Gasteiger partial charge in [-0.25, -0.2) is 8.42 Å². The first kappa shape index (κ1) is 14.8. The lowest BCUT2D eigenvalue weighted by molar-refractivity contribution is 0.441. The number of hydrogen-bond donors (Lipinski definition) is 0. The summed E-state index contributed by atoms with van der Waals surface area (Å²) in [4.78, 5) is 0.332. The van der Waals surface area contributed by atoms with Gasteiger partial charge in [-0.05, 0) is 33.5 Å². The molecule has 0 unspecified atom stereocenters. The maximum atomic E-state index is 12.6. The van der Waals surface area contributed by atoms with Gasteiger partial charge in [0.05, 0.1) is 4.90 Å². The SMILES string of the molecule is CC(C)(C)C1=CCN(S(=O)(=O)c2ccccc2Br)C1. The Labute approximate surface area is 123 Å². The van der Waals surface area contributed by atoms with Crippen molar-refractivity contribution in [1.29, 1.82) is 0 Å². The van der Waals surface area contributed by atoms with Crippen LogP contribution in [0, 0.1) is 5.41 Å². The fourth-order valence-corrected chi connectivity index (χ4v) is 4.37. The topological polar surface area (TPSA) is 37.4 Å². The molecule has 1 aliphatic heterocycles. The van der Waals surface area contributed by atoms with Crippen LogP contribution in [0.2, 0.25) is 0 Å². The zero-order valence-electron chi connectivity index (χ0n) is 11.4. The second-order valence-electron chi connectivity index (χ2n) is 5.71. The minimum Gasteiger partial charge on any atom is -0.207 e. The highest BCUT2D eigenvalue weighted by atomic mass is 79.9. The van der Waals surface area contributed by atoms with Crippen molar-refractivity contribution in [2.75, 3.05) is 13.1 Å². The summed E-state index contributed by atoms with van der Waals surface area (Å²) in [7, 11) is -3.43. The van der Waals surface area contributed by atoms with Crippen molar-refractivity contribution in [3.63, 3.8) is 0 Å². The number of rotatable bonds is 2. The number of nitrogens with zero attached hydrogens (tertiary/aromatic N) is 1. The number of sulfonamides is 1. The summed E-state index contributed by atoms with van der Waals surface area (Å²) in [6, 6.07) is 6.94. The van der Waals surface area contributed by atoms with Crippen molar-refractivity contribution in [2.24, 2.45) is 5.41 Å². The zero-order chi connectivity index (χ0) is 14.3. The molecule has 3 nitrogen and oxygen atoms in total. The van der Waals surface area contributed by atoms with Crippen molar-refractivity contribution < 1.29 is 8.42 Å². The standard InChI is InChI=1S/C14H18BrNO2S/c1-14(2,3)11-8-9-16(10-11)19(17,18)13-7-5-4-6-12(13)15/h4-8H,9-10H2,1-3H3. The van der Waals surface area contributed by atoms with Gasteiger partial charge in [-0.3, -0.25) is 0 Å². The van der Waals surface area contributed by atoms with Crippen LogP contribution in [-0.2, 0) is 10.0 Å². The molecular formula is C14H18BrNO2S. The van der Waals surface area contributed by atoms with Gasteiger partial charge >= 0.3 is 0 Å². The van der Waals surface area contributed by atoms with E-state index in [9.17, 15) is 8.42 Å². The van der Waals surface area contributed by atoms with E-state index in [1.807, 2.05) is 12.1 Å². The van der Waals surface area contributed by atoms with E-state index in [4.69, 9.17) is 0 Å². The molecule has 0 radical (unpaired) electrons. The molecule has 1 aromatic rings. The summed E-state index contributed by atoms with van der Waals surface area (Å²) in [5.41, 5.74) is 1.18. The van der Waals surface area contributed by atoms with Gasteiger partial charge in [0.15, 0.2) is 0 Å².